The number of H-pyrrole nitrogens is 1. The van der Waals surface area contributed by atoms with Gasteiger partial charge in [-0.05, 0) is 41.5 Å². The normalized spacial score (nSPS) is 15.8. The maximum absolute atomic E-state index is 14.8. The van der Waals surface area contributed by atoms with Gasteiger partial charge in [0, 0.05) is 16.8 Å². The highest BCUT2D eigenvalue weighted by Gasteiger charge is 2.36. The molecule has 1 N–H and O–H groups in total. The van der Waals surface area contributed by atoms with Crippen molar-refractivity contribution >= 4 is 29.2 Å². The minimum absolute atomic E-state index is 0.173. The lowest BCUT2D eigenvalue weighted by molar-refractivity contribution is 0.179. The summed E-state index contributed by atoms with van der Waals surface area (Å²) in [6.45, 7) is 0.173. The molecule has 1 fully saturated rings. The Kier molecular flexibility index (Phi) is 4.73. The molecular formula is C23H15ClFN7O2. The smallest absolute Gasteiger partial charge is 0.416 e. The minimum Gasteiger partial charge on any atom is -0.447 e. The molecule has 1 saturated heterocycles. The van der Waals surface area contributed by atoms with Crippen molar-refractivity contribution in [2.75, 3.05) is 11.5 Å². The van der Waals surface area contributed by atoms with Crippen LogP contribution in [0.5, 0.6) is 0 Å². The van der Waals surface area contributed by atoms with Gasteiger partial charge < -0.3 is 4.74 Å². The van der Waals surface area contributed by atoms with E-state index in [1.54, 1.807) is 47.2 Å². The number of carbonyl (C=O) groups excluding carboxylic acids is 1. The van der Waals surface area contributed by atoms with Gasteiger partial charge in [0.15, 0.2) is 11.5 Å². The zero-order chi connectivity index (χ0) is 23.2. The first kappa shape index (κ1) is 20.3. The Hall–Kier alpha value is -4.31. The summed E-state index contributed by atoms with van der Waals surface area (Å²) in [6, 6.07) is 13.3. The number of fused-ring (bicyclic) bond motifs is 1. The Morgan fingerprint density at radius 3 is 2.85 bits per heavy atom. The third-order valence-corrected chi connectivity index (χ3v) is 5.88. The fraction of sp³-hybridized carbons (Fsp3) is 0.0870. The quantitative estimate of drug-likeness (QED) is 0.405. The van der Waals surface area contributed by atoms with Gasteiger partial charge in [-0.3, -0.25) is 10.00 Å². The van der Waals surface area contributed by atoms with E-state index in [1.807, 2.05) is 12.1 Å². The van der Waals surface area contributed by atoms with E-state index in [4.69, 9.17) is 16.3 Å². The molecule has 1 aliphatic heterocycles. The Balaban J connectivity index is 1.41. The number of aromatic amines is 1. The molecule has 1 atom stereocenters. The van der Waals surface area contributed by atoms with E-state index in [0.717, 1.165) is 5.56 Å². The van der Waals surface area contributed by atoms with E-state index in [2.05, 4.69) is 25.3 Å². The van der Waals surface area contributed by atoms with Crippen LogP contribution in [-0.2, 0) is 4.74 Å². The number of carbonyl (C=O) groups is 1. The highest BCUT2D eigenvalue weighted by atomic mass is 35.5. The number of halogens is 2. The molecule has 0 saturated carbocycles. The maximum atomic E-state index is 14.8. The molecule has 9 nitrogen and oxygen atoms in total. The summed E-state index contributed by atoms with van der Waals surface area (Å²) in [5.74, 6) is 0.181. The second-order valence-corrected chi connectivity index (χ2v) is 8.08. The number of hydrogen-bond acceptors (Lipinski definition) is 6. The summed E-state index contributed by atoms with van der Waals surface area (Å²) in [7, 11) is 0. The lowest BCUT2D eigenvalue weighted by Gasteiger charge is -2.21. The maximum Gasteiger partial charge on any atom is 0.416 e. The molecule has 3 aromatic heterocycles. The second-order valence-electron chi connectivity index (χ2n) is 7.65. The average Bonchev–Trinajstić information content (AvgIpc) is 3.58. The number of hydrogen-bond donors (Lipinski definition) is 1. The predicted molar refractivity (Wildman–Crippen MR) is 122 cm³/mol. The van der Waals surface area contributed by atoms with Crippen molar-refractivity contribution < 1.29 is 13.9 Å². The summed E-state index contributed by atoms with van der Waals surface area (Å²) in [6.07, 6.45) is 4.17. The van der Waals surface area contributed by atoms with E-state index in [-0.39, 0.29) is 24.0 Å². The number of aromatic nitrogens is 6. The first-order valence-electron chi connectivity index (χ1n) is 10.3. The number of cyclic esters (lactones) is 1. The monoisotopic (exact) mass is 475 g/mol. The zero-order valence-electron chi connectivity index (χ0n) is 17.4. The lowest BCUT2D eigenvalue weighted by Crippen LogP contribution is -2.28. The van der Waals surface area contributed by atoms with Gasteiger partial charge in [0.2, 0.25) is 0 Å². The molecule has 0 bridgehead atoms. The third-order valence-electron chi connectivity index (χ3n) is 5.64. The van der Waals surface area contributed by atoms with Gasteiger partial charge in [0.1, 0.15) is 30.6 Å². The van der Waals surface area contributed by atoms with E-state index in [0.29, 0.717) is 27.6 Å². The van der Waals surface area contributed by atoms with Crippen molar-refractivity contribution in [3.05, 3.63) is 83.7 Å². The summed E-state index contributed by atoms with van der Waals surface area (Å²) in [5, 5.41) is 11.4. The van der Waals surface area contributed by atoms with Crippen LogP contribution in [0, 0.1) is 5.82 Å². The molecular weight excluding hydrogens is 461 g/mol. The summed E-state index contributed by atoms with van der Waals surface area (Å²) < 4.78 is 21.7. The molecule has 6 rings (SSSR count). The molecule has 11 heteroatoms. The van der Waals surface area contributed by atoms with Crippen LogP contribution in [0.3, 0.4) is 0 Å². The van der Waals surface area contributed by atoms with E-state index < -0.39 is 11.9 Å². The number of amides is 1. The molecule has 0 aliphatic carbocycles. The molecule has 0 radical (unpaired) electrons. The number of anilines is 1. The number of rotatable bonds is 4. The van der Waals surface area contributed by atoms with Crippen LogP contribution >= 0.6 is 11.6 Å². The molecule has 1 aliphatic rings. The Labute approximate surface area is 196 Å². The van der Waals surface area contributed by atoms with Crippen LogP contribution in [0.2, 0.25) is 5.02 Å². The summed E-state index contributed by atoms with van der Waals surface area (Å²) in [4.78, 5) is 22.8. The topological polar surface area (TPSA) is 101 Å². The summed E-state index contributed by atoms with van der Waals surface area (Å²) >= 11 is 6.15. The first-order chi connectivity index (χ1) is 16.6. The minimum atomic E-state index is -0.509. The van der Waals surface area contributed by atoms with Crippen molar-refractivity contribution in [3.8, 4) is 22.5 Å². The van der Waals surface area contributed by atoms with Crippen LogP contribution < -0.4 is 4.90 Å². The van der Waals surface area contributed by atoms with Gasteiger partial charge in [0.05, 0.1) is 11.8 Å². The number of nitrogens with one attached hydrogen (secondary N) is 1. The van der Waals surface area contributed by atoms with Crippen molar-refractivity contribution in [1.29, 1.82) is 0 Å². The van der Waals surface area contributed by atoms with Crippen LogP contribution in [0.4, 0.5) is 15.0 Å². The van der Waals surface area contributed by atoms with E-state index in [9.17, 15) is 9.18 Å². The van der Waals surface area contributed by atoms with Crippen LogP contribution in [0.15, 0.2) is 67.3 Å². The largest absolute Gasteiger partial charge is 0.447 e. The van der Waals surface area contributed by atoms with Gasteiger partial charge in [-0.1, -0.05) is 29.8 Å². The van der Waals surface area contributed by atoms with Gasteiger partial charge in [0.25, 0.3) is 0 Å². The van der Waals surface area contributed by atoms with Crippen molar-refractivity contribution in [1.82, 2.24) is 29.8 Å². The highest BCUT2D eigenvalue weighted by Crippen LogP contribution is 2.34. The molecule has 1 amide bonds. The fourth-order valence-corrected chi connectivity index (χ4v) is 4.23. The standard InChI is InChI=1S/C23H15ClFN7O2/c24-15-3-1-2-14(8-15)19-11-34-23(33)32(19)20-6-7-31-22(29-20)17(10-28-31)13-4-5-16(18(25)9-13)21-26-12-27-30-21/h1-10,12,19H,11H2,(H,26,27,30). The molecule has 5 aromatic rings. The SMILES string of the molecule is O=C1OCC(c2cccc(Cl)c2)N1c1ccn2ncc(-c3ccc(-c4nc[nH]n4)c(F)c3)c2n1. The summed E-state index contributed by atoms with van der Waals surface area (Å²) in [5.41, 5.74) is 2.76. The molecule has 168 valence electrons. The molecule has 1 unspecified atom stereocenters. The predicted octanol–water partition coefficient (Wildman–Crippen LogP) is 4.67. The van der Waals surface area contributed by atoms with E-state index >= 15 is 0 Å². The van der Waals surface area contributed by atoms with E-state index in [1.165, 1.54) is 17.3 Å². The average molecular weight is 476 g/mol. The first-order valence-corrected chi connectivity index (χ1v) is 10.7. The fourth-order valence-electron chi connectivity index (χ4n) is 4.03. The van der Waals surface area contributed by atoms with Gasteiger partial charge in [-0.2, -0.15) is 10.2 Å². The number of benzene rings is 2. The van der Waals surface area contributed by atoms with Crippen LogP contribution in [-0.4, -0.2) is 42.5 Å². The molecule has 0 spiro atoms. The van der Waals surface area contributed by atoms with Gasteiger partial charge in [-0.15, -0.1) is 0 Å². The van der Waals surface area contributed by atoms with Crippen LogP contribution in [0.1, 0.15) is 11.6 Å². The van der Waals surface area contributed by atoms with Crippen LogP contribution in [0.25, 0.3) is 28.2 Å². The molecule has 4 heterocycles. The van der Waals surface area contributed by atoms with Gasteiger partial charge in [-0.25, -0.2) is 23.7 Å². The third kappa shape index (κ3) is 3.35. The number of nitrogens with zero attached hydrogens (tertiary/aromatic N) is 6. The van der Waals surface area contributed by atoms with Crippen molar-refractivity contribution in [3.63, 3.8) is 0 Å². The molecule has 34 heavy (non-hydrogen) atoms. The Morgan fingerprint density at radius 2 is 2.06 bits per heavy atom. The van der Waals surface area contributed by atoms with Crippen molar-refractivity contribution in [2.24, 2.45) is 0 Å². The lowest BCUT2D eigenvalue weighted by atomic mass is 10.1. The Morgan fingerprint density at radius 1 is 1.15 bits per heavy atom. The Bertz CT molecular complexity index is 1540. The number of ether oxygens (including phenoxy) is 1. The zero-order valence-corrected chi connectivity index (χ0v) is 18.1. The van der Waals surface area contributed by atoms with Gasteiger partial charge >= 0.3 is 6.09 Å². The second kappa shape index (κ2) is 7.92. The molecule has 2 aromatic carbocycles. The van der Waals surface area contributed by atoms with Crippen molar-refractivity contribution in [2.45, 2.75) is 6.04 Å². The highest BCUT2D eigenvalue weighted by molar-refractivity contribution is 6.30.